The molecule has 4 rings (SSSR count). The number of ether oxygens (including phenoxy) is 5. The van der Waals surface area contributed by atoms with Crippen molar-refractivity contribution < 1.29 is 33.3 Å². The third kappa shape index (κ3) is 13.4. The van der Waals surface area contributed by atoms with Gasteiger partial charge in [-0.3, -0.25) is 9.59 Å². The van der Waals surface area contributed by atoms with Gasteiger partial charge in [0.15, 0.2) is 5.15 Å². The molecule has 0 bridgehead atoms. The molecule has 0 aliphatic rings. The van der Waals surface area contributed by atoms with Crippen LogP contribution in [-0.4, -0.2) is 115 Å². The number of carbonyl (C=O) groups is 2. The van der Waals surface area contributed by atoms with Gasteiger partial charge in [-0.05, 0) is 28.3 Å². The molecular weight excluding hydrogens is 680 g/mol. The molecule has 16 heteroatoms. The number of benzene rings is 2. The number of methoxy groups -OCH3 is 1. The SMILES string of the molecule is CCCCc1nc(Cl)c(CNC(=O)COCC(=O)NCCOCCOCCOCCOC)n1Cc1ccc(-c2ccccc2-c2nn[nH]n2)cc1. The Morgan fingerprint density at radius 2 is 1.51 bits per heavy atom. The number of aryl methyl sites for hydroxylation is 1. The first-order chi connectivity index (χ1) is 25.0. The highest BCUT2D eigenvalue weighted by Crippen LogP contribution is 2.30. The summed E-state index contributed by atoms with van der Waals surface area (Å²) in [6.45, 7) is 5.79. The molecule has 0 spiro atoms. The number of unbranched alkanes of at least 4 members (excludes halogenated alkanes) is 1. The summed E-state index contributed by atoms with van der Waals surface area (Å²) in [4.78, 5) is 29.3. The molecule has 4 aromatic rings. The average molecular weight is 727 g/mol. The van der Waals surface area contributed by atoms with Crippen molar-refractivity contribution >= 4 is 23.4 Å². The second-order valence-electron chi connectivity index (χ2n) is 11.4. The van der Waals surface area contributed by atoms with Crippen LogP contribution in [0.15, 0.2) is 48.5 Å². The second kappa shape index (κ2) is 22.5. The van der Waals surface area contributed by atoms with Gasteiger partial charge in [-0.1, -0.05) is 73.5 Å². The molecule has 0 aliphatic heterocycles. The van der Waals surface area contributed by atoms with Crippen LogP contribution < -0.4 is 10.6 Å². The predicted octanol–water partition coefficient (Wildman–Crippen LogP) is 3.22. The molecule has 0 saturated heterocycles. The molecular formula is C35H47ClN8O7. The lowest BCUT2D eigenvalue weighted by atomic mass is 9.98. The predicted molar refractivity (Wildman–Crippen MR) is 190 cm³/mol. The number of tetrazole rings is 1. The van der Waals surface area contributed by atoms with Crippen LogP contribution in [0, 0.1) is 0 Å². The minimum atomic E-state index is -0.376. The molecule has 51 heavy (non-hydrogen) atoms. The molecule has 0 radical (unpaired) electrons. The largest absolute Gasteiger partial charge is 0.382 e. The zero-order valence-corrected chi connectivity index (χ0v) is 30.0. The molecule has 2 aromatic heterocycles. The van der Waals surface area contributed by atoms with Gasteiger partial charge >= 0.3 is 0 Å². The van der Waals surface area contributed by atoms with Crippen LogP contribution in [0.5, 0.6) is 0 Å². The minimum absolute atomic E-state index is 0.157. The number of imidazole rings is 1. The Morgan fingerprint density at radius 1 is 0.843 bits per heavy atom. The summed E-state index contributed by atoms with van der Waals surface area (Å²) in [6.07, 6.45) is 2.71. The number of aromatic nitrogens is 6. The maximum atomic E-state index is 12.6. The summed E-state index contributed by atoms with van der Waals surface area (Å²) >= 11 is 6.61. The molecule has 2 heterocycles. The Bertz CT molecular complexity index is 1600. The maximum Gasteiger partial charge on any atom is 0.246 e. The van der Waals surface area contributed by atoms with Crippen LogP contribution in [-0.2, 0) is 52.8 Å². The number of halogens is 1. The zero-order chi connectivity index (χ0) is 36.1. The van der Waals surface area contributed by atoms with E-state index in [-0.39, 0.29) is 31.6 Å². The van der Waals surface area contributed by atoms with Gasteiger partial charge in [0.25, 0.3) is 0 Å². The molecule has 0 unspecified atom stereocenters. The first kappa shape index (κ1) is 39.5. The molecule has 0 aliphatic carbocycles. The smallest absolute Gasteiger partial charge is 0.246 e. The molecule has 276 valence electrons. The van der Waals surface area contributed by atoms with Crippen LogP contribution in [0.3, 0.4) is 0 Å². The topological polar surface area (TPSA) is 177 Å². The van der Waals surface area contributed by atoms with E-state index in [9.17, 15) is 9.59 Å². The summed E-state index contributed by atoms with van der Waals surface area (Å²) in [6, 6.07) is 16.1. The zero-order valence-electron chi connectivity index (χ0n) is 29.2. The number of amides is 2. The molecule has 3 N–H and O–H groups in total. The van der Waals surface area contributed by atoms with Gasteiger partial charge in [0.1, 0.15) is 19.0 Å². The summed E-state index contributed by atoms with van der Waals surface area (Å²) in [5, 5.41) is 20.4. The molecule has 2 amide bonds. The van der Waals surface area contributed by atoms with Crippen LogP contribution in [0.1, 0.15) is 36.8 Å². The third-order valence-electron chi connectivity index (χ3n) is 7.64. The van der Waals surface area contributed by atoms with Crippen molar-refractivity contribution in [2.24, 2.45) is 0 Å². The van der Waals surface area contributed by atoms with E-state index in [1.54, 1.807) is 7.11 Å². The first-order valence-electron chi connectivity index (χ1n) is 17.0. The number of carbonyl (C=O) groups excluding carboxylic acids is 2. The summed E-state index contributed by atoms with van der Waals surface area (Å²) in [5.74, 6) is 0.658. The maximum absolute atomic E-state index is 12.6. The second-order valence-corrected chi connectivity index (χ2v) is 11.7. The summed E-state index contributed by atoms with van der Waals surface area (Å²) < 4.78 is 28.4. The van der Waals surface area contributed by atoms with Crippen LogP contribution >= 0.6 is 11.6 Å². The minimum Gasteiger partial charge on any atom is -0.382 e. The standard InChI is InChI=1S/C35H47ClN8O7/c1-3-4-9-31-39-34(36)30(22-38-33(46)25-51-24-32(45)37-14-15-48-18-19-50-21-20-49-17-16-47-2)44(31)23-26-10-12-27(13-11-26)28-7-5-6-8-29(28)35-40-42-43-41-35/h5-8,10-13H,3-4,9,14-25H2,1-2H3,(H,37,45)(H,38,46)(H,40,41,42,43). The van der Waals surface area contributed by atoms with Gasteiger partial charge in [0, 0.05) is 32.2 Å². The highest BCUT2D eigenvalue weighted by Gasteiger charge is 2.18. The lowest BCUT2D eigenvalue weighted by molar-refractivity contribution is -0.131. The fraction of sp³-hybridized carbons (Fsp3) is 0.486. The number of hydrogen-bond donors (Lipinski definition) is 3. The van der Waals surface area contributed by atoms with E-state index in [0.717, 1.165) is 47.3 Å². The van der Waals surface area contributed by atoms with Gasteiger partial charge in [0.05, 0.1) is 58.5 Å². The Balaban J connectivity index is 1.21. The monoisotopic (exact) mass is 726 g/mol. The molecule has 2 aromatic carbocycles. The summed E-state index contributed by atoms with van der Waals surface area (Å²) in [5.41, 5.74) is 4.62. The van der Waals surface area contributed by atoms with Gasteiger partial charge in [0.2, 0.25) is 17.6 Å². The van der Waals surface area contributed by atoms with Crippen molar-refractivity contribution in [1.29, 1.82) is 0 Å². The van der Waals surface area contributed by atoms with Crippen molar-refractivity contribution in [3.05, 3.63) is 70.8 Å². The van der Waals surface area contributed by atoms with Gasteiger partial charge < -0.3 is 38.9 Å². The van der Waals surface area contributed by atoms with Gasteiger partial charge in [-0.25, -0.2) is 4.98 Å². The van der Waals surface area contributed by atoms with E-state index < -0.39 is 0 Å². The normalized spacial score (nSPS) is 11.2. The fourth-order valence-electron chi connectivity index (χ4n) is 5.03. The van der Waals surface area contributed by atoms with Crippen molar-refractivity contribution in [3.8, 4) is 22.5 Å². The first-order valence-corrected chi connectivity index (χ1v) is 17.4. The lowest BCUT2D eigenvalue weighted by Crippen LogP contribution is -2.33. The Hall–Kier alpha value is -4.25. The van der Waals surface area contributed by atoms with E-state index in [0.29, 0.717) is 76.0 Å². The number of nitrogens with zero attached hydrogens (tertiary/aromatic N) is 5. The fourth-order valence-corrected chi connectivity index (χ4v) is 5.30. The van der Waals surface area contributed by atoms with E-state index in [4.69, 9.17) is 35.3 Å². The Morgan fingerprint density at radius 3 is 2.18 bits per heavy atom. The number of H-pyrrole nitrogens is 1. The quantitative estimate of drug-likeness (QED) is 0.0855. The average Bonchev–Trinajstić information content (AvgIpc) is 3.78. The number of rotatable bonds is 25. The third-order valence-corrected chi connectivity index (χ3v) is 7.94. The molecule has 0 saturated carbocycles. The number of aromatic amines is 1. The lowest BCUT2D eigenvalue weighted by Gasteiger charge is -2.14. The van der Waals surface area contributed by atoms with E-state index in [1.807, 2.05) is 24.3 Å². The van der Waals surface area contributed by atoms with Crippen molar-refractivity contribution in [2.75, 3.05) is 73.1 Å². The summed E-state index contributed by atoms with van der Waals surface area (Å²) in [7, 11) is 1.62. The molecule has 0 fully saturated rings. The van der Waals surface area contributed by atoms with E-state index in [1.165, 1.54) is 0 Å². The number of hydrogen-bond acceptors (Lipinski definition) is 11. The highest BCUT2D eigenvalue weighted by molar-refractivity contribution is 6.30. The van der Waals surface area contributed by atoms with Crippen molar-refractivity contribution in [1.82, 2.24) is 40.8 Å². The van der Waals surface area contributed by atoms with Crippen LogP contribution in [0.25, 0.3) is 22.5 Å². The number of nitrogens with one attached hydrogen (secondary N) is 3. The van der Waals surface area contributed by atoms with Gasteiger partial charge in [-0.2, -0.15) is 5.21 Å². The van der Waals surface area contributed by atoms with E-state index in [2.05, 4.69) is 72.0 Å². The highest BCUT2D eigenvalue weighted by atomic mass is 35.5. The van der Waals surface area contributed by atoms with Crippen LogP contribution in [0.4, 0.5) is 0 Å². The molecule has 15 nitrogen and oxygen atoms in total. The molecule has 0 atom stereocenters. The Labute approximate surface area is 302 Å². The van der Waals surface area contributed by atoms with Crippen LogP contribution in [0.2, 0.25) is 5.15 Å². The van der Waals surface area contributed by atoms with Crippen molar-refractivity contribution in [2.45, 2.75) is 39.3 Å². The Kier molecular flexibility index (Phi) is 17.5. The van der Waals surface area contributed by atoms with Gasteiger partial charge in [-0.15, -0.1) is 10.2 Å². The van der Waals surface area contributed by atoms with E-state index >= 15 is 0 Å². The van der Waals surface area contributed by atoms with Crippen molar-refractivity contribution in [3.63, 3.8) is 0 Å².